The minimum absolute atomic E-state index is 0.0932. The second-order valence-electron chi connectivity index (χ2n) is 4.12. The van der Waals surface area contributed by atoms with Crippen molar-refractivity contribution >= 4 is 5.97 Å². The molecule has 1 heterocycles. The smallest absolute Gasteiger partial charge is 0.303 e. The molecule has 0 aliphatic carbocycles. The molecule has 0 aliphatic rings. The number of hydrogen-bond acceptors (Lipinski definition) is 3. The fourth-order valence-corrected chi connectivity index (χ4v) is 1.66. The van der Waals surface area contributed by atoms with Gasteiger partial charge in [0.05, 0.1) is 12.1 Å². The molecule has 0 fully saturated rings. The first-order valence-electron chi connectivity index (χ1n) is 8.08. The number of carboxylic acids is 1. The lowest BCUT2D eigenvalue weighted by Crippen LogP contribution is -2.03. The van der Waals surface area contributed by atoms with Crippen molar-refractivity contribution in [1.82, 2.24) is 4.98 Å². The summed E-state index contributed by atoms with van der Waals surface area (Å²) in [4.78, 5) is 14.9. The molecule has 0 radical (unpaired) electrons. The summed E-state index contributed by atoms with van der Waals surface area (Å²) in [5.74, 6) is -0.0204. The van der Waals surface area contributed by atoms with Gasteiger partial charge in [-0.15, -0.1) is 0 Å². The predicted molar refractivity (Wildman–Crippen MR) is 93.7 cm³/mol. The van der Waals surface area contributed by atoms with E-state index in [-0.39, 0.29) is 6.42 Å². The minimum Gasteiger partial charge on any atom is -0.487 e. The first kappa shape index (κ1) is 20.6. The molecule has 0 atom stereocenters. The normalized spacial score (nSPS) is 8.87. The number of carboxylic acid groups (broad SMARTS) is 1. The summed E-state index contributed by atoms with van der Waals surface area (Å²) in [5, 5.41) is 8.64. The first-order chi connectivity index (χ1) is 11.2. The Labute approximate surface area is 139 Å². The number of aryl methyl sites for hydroxylation is 1. The Kier molecular flexibility index (Phi) is 11.9. The van der Waals surface area contributed by atoms with E-state index in [1.165, 1.54) is 0 Å². The van der Waals surface area contributed by atoms with Crippen molar-refractivity contribution in [3.8, 4) is 5.75 Å². The fraction of sp³-hybridized carbons (Fsp3) is 0.368. The van der Waals surface area contributed by atoms with Crippen LogP contribution in [0.15, 0.2) is 48.5 Å². The highest BCUT2D eigenvalue weighted by Crippen LogP contribution is 2.11. The van der Waals surface area contributed by atoms with Crippen LogP contribution in [0.2, 0.25) is 0 Å². The molecule has 0 bridgehead atoms. The molecule has 4 heteroatoms. The number of aromatic nitrogens is 1. The SMILES string of the molecule is CC.CC.O=C(O)CCc1cccc(COc2ccccc2)n1. The van der Waals surface area contributed by atoms with Gasteiger partial charge in [0.25, 0.3) is 0 Å². The van der Waals surface area contributed by atoms with E-state index in [0.29, 0.717) is 13.0 Å². The van der Waals surface area contributed by atoms with Crippen LogP contribution in [-0.4, -0.2) is 16.1 Å². The fourth-order valence-electron chi connectivity index (χ4n) is 1.66. The van der Waals surface area contributed by atoms with Crippen molar-refractivity contribution in [2.75, 3.05) is 0 Å². The van der Waals surface area contributed by atoms with Gasteiger partial charge in [-0.05, 0) is 24.3 Å². The number of rotatable bonds is 6. The zero-order valence-corrected chi connectivity index (χ0v) is 14.5. The van der Waals surface area contributed by atoms with E-state index >= 15 is 0 Å². The van der Waals surface area contributed by atoms with Crippen molar-refractivity contribution in [2.24, 2.45) is 0 Å². The summed E-state index contributed by atoms with van der Waals surface area (Å²) in [6.45, 7) is 8.38. The van der Waals surface area contributed by atoms with E-state index in [0.717, 1.165) is 17.1 Å². The van der Waals surface area contributed by atoms with Crippen LogP contribution >= 0.6 is 0 Å². The van der Waals surface area contributed by atoms with Gasteiger partial charge in [0.2, 0.25) is 0 Å². The second kappa shape index (κ2) is 13.3. The number of benzene rings is 1. The highest BCUT2D eigenvalue weighted by molar-refractivity contribution is 5.66. The topological polar surface area (TPSA) is 59.4 Å². The third kappa shape index (κ3) is 9.30. The molecular formula is C19H27NO3. The molecule has 126 valence electrons. The van der Waals surface area contributed by atoms with E-state index in [4.69, 9.17) is 9.84 Å². The van der Waals surface area contributed by atoms with Crippen LogP contribution in [-0.2, 0) is 17.8 Å². The summed E-state index contributed by atoms with van der Waals surface area (Å²) in [6.07, 6.45) is 0.532. The van der Waals surface area contributed by atoms with Crippen LogP contribution < -0.4 is 4.74 Å². The van der Waals surface area contributed by atoms with Crippen molar-refractivity contribution in [1.29, 1.82) is 0 Å². The highest BCUT2D eigenvalue weighted by Gasteiger charge is 2.02. The van der Waals surface area contributed by atoms with Gasteiger partial charge >= 0.3 is 5.97 Å². The summed E-state index contributed by atoms with van der Waals surface area (Å²) in [5.41, 5.74) is 1.57. The molecule has 0 saturated carbocycles. The van der Waals surface area contributed by atoms with Gasteiger partial charge in [-0.1, -0.05) is 52.0 Å². The average molecular weight is 317 g/mol. The first-order valence-corrected chi connectivity index (χ1v) is 8.08. The standard InChI is InChI=1S/C15H15NO3.2C2H6/c17-15(18)10-9-12-5-4-6-13(16-12)11-19-14-7-2-1-3-8-14;2*1-2/h1-8H,9-11H2,(H,17,18);2*1-2H3. The van der Waals surface area contributed by atoms with Crippen LogP contribution in [0.25, 0.3) is 0 Å². The Morgan fingerprint density at radius 1 is 0.957 bits per heavy atom. The predicted octanol–water partition coefficient (Wildman–Crippen LogP) is 4.73. The highest BCUT2D eigenvalue weighted by atomic mass is 16.5. The molecule has 1 aromatic carbocycles. The third-order valence-corrected chi connectivity index (χ3v) is 2.59. The zero-order valence-electron chi connectivity index (χ0n) is 14.5. The molecule has 0 spiro atoms. The van der Waals surface area contributed by atoms with Gasteiger partial charge in [-0.2, -0.15) is 0 Å². The maximum Gasteiger partial charge on any atom is 0.303 e. The molecule has 4 nitrogen and oxygen atoms in total. The van der Waals surface area contributed by atoms with Crippen LogP contribution in [0, 0.1) is 0 Å². The molecule has 2 aromatic rings. The maximum atomic E-state index is 10.5. The monoisotopic (exact) mass is 317 g/mol. The number of nitrogens with zero attached hydrogens (tertiary/aromatic N) is 1. The van der Waals surface area contributed by atoms with Gasteiger partial charge < -0.3 is 9.84 Å². The zero-order chi connectivity index (χ0) is 17.5. The molecule has 1 aromatic heterocycles. The number of ether oxygens (including phenoxy) is 1. The lowest BCUT2D eigenvalue weighted by Gasteiger charge is -2.06. The number of pyridine rings is 1. The Hall–Kier alpha value is -2.36. The van der Waals surface area contributed by atoms with Crippen LogP contribution in [0.1, 0.15) is 45.5 Å². The molecule has 0 unspecified atom stereocenters. The van der Waals surface area contributed by atoms with Gasteiger partial charge in [0.1, 0.15) is 12.4 Å². The molecular weight excluding hydrogens is 290 g/mol. The third-order valence-electron chi connectivity index (χ3n) is 2.59. The van der Waals surface area contributed by atoms with Crippen LogP contribution in [0.4, 0.5) is 0 Å². The Morgan fingerprint density at radius 3 is 2.17 bits per heavy atom. The van der Waals surface area contributed by atoms with Gasteiger partial charge in [0, 0.05) is 12.1 Å². The maximum absolute atomic E-state index is 10.5. The Bertz CT molecular complexity index is 541. The van der Waals surface area contributed by atoms with E-state index in [9.17, 15) is 4.79 Å². The van der Waals surface area contributed by atoms with E-state index in [2.05, 4.69) is 4.98 Å². The molecule has 1 N–H and O–H groups in total. The second-order valence-corrected chi connectivity index (χ2v) is 4.12. The minimum atomic E-state index is -0.812. The van der Waals surface area contributed by atoms with E-state index < -0.39 is 5.97 Å². The average Bonchev–Trinajstić information content (AvgIpc) is 2.63. The summed E-state index contributed by atoms with van der Waals surface area (Å²) < 4.78 is 5.59. The van der Waals surface area contributed by atoms with Crippen LogP contribution in [0.5, 0.6) is 5.75 Å². The number of hydrogen-bond donors (Lipinski definition) is 1. The van der Waals surface area contributed by atoms with Crippen molar-refractivity contribution in [2.45, 2.75) is 47.1 Å². The Morgan fingerprint density at radius 2 is 1.57 bits per heavy atom. The van der Waals surface area contributed by atoms with Crippen LogP contribution in [0.3, 0.4) is 0 Å². The molecule has 23 heavy (non-hydrogen) atoms. The van der Waals surface area contributed by atoms with E-state index in [1.807, 2.05) is 76.2 Å². The Balaban J connectivity index is 0.00000112. The summed E-state index contributed by atoms with van der Waals surface area (Å²) >= 11 is 0. The summed E-state index contributed by atoms with van der Waals surface area (Å²) in [7, 11) is 0. The lowest BCUT2D eigenvalue weighted by atomic mass is 10.2. The molecule has 0 aliphatic heterocycles. The number of para-hydroxylation sites is 1. The van der Waals surface area contributed by atoms with Crippen molar-refractivity contribution in [3.05, 3.63) is 59.9 Å². The van der Waals surface area contributed by atoms with Gasteiger partial charge in [-0.3, -0.25) is 9.78 Å². The van der Waals surface area contributed by atoms with Gasteiger partial charge in [-0.25, -0.2) is 0 Å². The van der Waals surface area contributed by atoms with Crippen molar-refractivity contribution < 1.29 is 14.6 Å². The van der Waals surface area contributed by atoms with E-state index in [1.54, 1.807) is 0 Å². The number of carbonyl (C=O) groups is 1. The summed E-state index contributed by atoms with van der Waals surface area (Å²) in [6, 6.07) is 15.1. The molecule has 0 saturated heterocycles. The van der Waals surface area contributed by atoms with Gasteiger partial charge in [0.15, 0.2) is 0 Å². The quantitative estimate of drug-likeness (QED) is 0.836. The molecule has 0 amide bonds. The lowest BCUT2D eigenvalue weighted by molar-refractivity contribution is -0.136. The number of aliphatic carboxylic acids is 1. The largest absolute Gasteiger partial charge is 0.487 e. The van der Waals surface area contributed by atoms with Crippen molar-refractivity contribution in [3.63, 3.8) is 0 Å². The molecule has 2 rings (SSSR count).